The number of benzene rings is 2. The van der Waals surface area contributed by atoms with E-state index < -0.39 is 23.0 Å². The van der Waals surface area contributed by atoms with Crippen molar-refractivity contribution >= 4 is 5.91 Å². The number of nitrogens with one attached hydrogen (secondary N) is 1. The van der Waals surface area contributed by atoms with Crippen LogP contribution in [0.3, 0.4) is 0 Å². The van der Waals surface area contributed by atoms with E-state index in [4.69, 9.17) is 5.73 Å². The highest BCUT2D eigenvalue weighted by Gasteiger charge is 2.40. The molecular weight excluding hydrogens is 324 g/mol. The summed E-state index contributed by atoms with van der Waals surface area (Å²) in [5.74, 6) is -1.61. The largest absolute Gasteiger partial charge is 0.353 e. The lowest BCUT2D eigenvalue weighted by Crippen LogP contribution is -2.45. The molecule has 0 saturated carbocycles. The number of carbonyl (C=O) groups excluding carboxylic acids is 1. The van der Waals surface area contributed by atoms with Crippen LogP contribution in [0.1, 0.15) is 11.1 Å². The van der Waals surface area contributed by atoms with Gasteiger partial charge in [-0.05, 0) is 23.3 Å². The number of rotatable bonds is 7. The first-order valence-electron chi connectivity index (χ1n) is 7.89. The first kappa shape index (κ1) is 18.6. The van der Waals surface area contributed by atoms with E-state index in [0.717, 1.165) is 0 Å². The maximum absolute atomic E-state index is 14.1. The maximum atomic E-state index is 14.1. The summed E-state index contributed by atoms with van der Waals surface area (Å²) in [7, 11) is 0. The number of halogens is 2. The summed E-state index contributed by atoms with van der Waals surface area (Å²) in [5, 5.41) is 12.3. The molecular formula is C19H19F2N3O. The summed E-state index contributed by atoms with van der Waals surface area (Å²) < 4.78 is 28.1. The fraction of sp³-hybridized carbons (Fsp3) is 0.263. The SMILES string of the molecule is N#CC(Cc1ccccc1F)(Cc1ccccc1F)C(=O)NCCN. The molecule has 2 aromatic rings. The Labute approximate surface area is 145 Å². The van der Waals surface area contributed by atoms with Crippen molar-refractivity contribution in [3.63, 3.8) is 0 Å². The summed E-state index contributed by atoms with van der Waals surface area (Å²) in [6.07, 6.45) is -0.332. The van der Waals surface area contributed by atoms with Gasteiger partial charge in [0, 0.05) is 25.9 Å². The monoisotopic (exact) mass is 343 g/mol. The van der Waals surface area contributed by atoms with Crippen molar-refractivity contribution in [3.8, 4) is 6.07 Å². The lowest BCUT2D eigenvalue weighted by molar-refractivity contribution is -0.128. The van der Waals surface area contributed by atoms with E-state index in [2.05, 4.69) is 5.32 Å². The Balaban J connectivity index is 2.42. The number of nitriles is 1. The van der Waals surface area contributed by atoms with Gasteiger partial charge in [-0.2, -0.15) is 5.26 Å². The fourth-order valence-corrected chi connectivity index (χ4v) is 2.64. The van der Waals surface area contributed by atoms with Gasteiger partial charge < -0.3 is 11.1 Å². The van der Waals surface area contributed by atoms with Crippen LogP contribution in [0.2, 0.25) is 0 Å². The molecule has 0 radical (unpaired) electrons. The summed E-state index contributed by atoms with van der Waals surface area (Å²) in [6, 6.07) is 13.8. The summed E-state index contributed by atoms with van der Waals surface area (Å²) >= 11 is 0. The van der Waals surface area contributed by atoms with E-state index in [-0.39, 0.29) is 37.1 Å². The quantitative estimate of drug-likeness (QED) is 0.810. The van der Waals surface area contributed by atoms with Crippen LogP contribution in [-0.4, -0.2) is 19.0 Å². The number of amides is 1. The van der Waals surface area contributed by atoms with Crippen molar-refractivity contribution < 1.29 is 13.6 Å². The Morgan fingerprint density at radius 2 is 1.52 bits per heavy atom. The molecule has 25 heavy (non-hydrogen) atoms. The normalized spacial score (nSPS) is 11.0. The molecule has 0 aliphatic heterocycles. The van der Waals surface area contributed by atoms with Crippen molar-refractivity contribution in [2.75, 3.05) is 13.1 Å². The van der Waals surface area contributed by atoms with Crippen LogP contribution in [0.15, 0.2) is 48.5 Å². The minimum absolute atomic E-state index is 0.166. The number of nitrogens with two attached hydrogens (primary N) is 1. The van der Waals surface area contributed by atoms with Crippen LogP contribution in [-0.2, 0) is 17.6 Å². The number of hydrogen-bond acceptors (Lipinski definition) is 3. The van der Waals surface area contributed by atoms with E-state index in [1.165, 1.54) is 36.4 Å². The third-order valence-corrected chi connectivity index (χ3v) is 3.98. The van der Waals surface area contributed by atoms with Crippen LogP contribution < -0.4 is 11.1 Å². The first-order chi connectivity index (χ1) is 12.0. The van der Waals surface area contributed by atoms with Gasteiger partial charge in [-0.3, -0.25) is 4.79 Å². The molecule has 4 nitrogen and oxygen atoms in total. The highest BCUT2D eigenvalue weighted by Crippen LogP contribution is 2.30. The zero-order chi connectivity index (χ0) is 18.3. The van der Waals surface area contributed by atoms with Gasteiger partial charge >= 0.3 is 0 Å². The van der Waals surface area contributed by atoms with Crippen LogP contribution in [0.4, 0.5) is 8.78 Å². The van der Waals surface area contributed by atoms with Crippen molar-refractivity contribution in [2.24, 2.45) is 11.1 Å². The van der Waals surface area contributed by atoms with E-state index in [9.17, 15) is 18.8 Å². The summed E-state index contributed by atoms with van der Waals surface area (Å²) in [6.45, 7) is 0.378. The van der Waals surface area contributed by atoms with Gasteiger partial charge in [-0.1, -0.05) is 36.4 Å². The molecule has 3 N–H and O–H groups in total. The molecule has 0 aliphatic rings. The molecule has 2 aromatic carbocycles. The van der Waals surface area contributed by atoms with Crippen LogP contribution >= 0.6 is 0 Å². The Hall–Kier alpha value is -2.78. The Kier molecular flexibility index (Phi) is 6.20. The molecule has 0 aliphatic carbocycles. The van der Waals surface area contributed by atoms with Crippen molar-refractivity contribution in [1.29, 1.82) is 5.26 Å². The van der Waals surface area contributed by atoms with Gasteiger partial charge in [-0.25, -0.2) is 8.78 Å². The molecule has 0 fully saturated rings. The van der Waals surface area contributed by atoms with Crippen LogP contribution in [0.5, 0.6) is 0 Å². The van der Waals surface area contributed by atoms with Gasteiger partial charge in [0.2, 0.25) is 5.91 Å². The molecule has 0 saturated heterocycles. The molecule has 6 heteroatoms. The second-order valence-electron chi connectivity index (χ2n) is 5.77. The zero-order valence-corrected chi connectivity index (χ0v) is 13.6. The average molecular weight is 343 g/mol. The first-order valence-corrected chi connectivity index (χ1v) is 7.89. The van der Waals surface area contributed by atoms with Gasteiger partial charge in [0.05, 0.1) is 6.07 Å². The van der Waals surface area contributed by atoms with Crippen LogP contribution in [0, 0.1) is 28.4 Å². The van der Waals surface area contributed by atoms with E-state index in [1.807, 2.05) is 6.07 Å². The molecule has 0 heterocycles. The third-order valence-electron chi connectivity index (χ3n) is 3.98. The average Bonchev–Trinajstić information content (AvgIpc) is 2.62. The molecule has 130 valence electrons. The van der Waals surface area contributed by atoms with Crippen LogP contribution in [0.25, 0.3) is 0 Å². The van der Waals surface area contributed by atoms with Gasteiger partial charge in [0.15, 0.2) is 0 Å². The second-order valence-corrected chi connectivity index (χ2v) is 5.77. The Morgan fingerprint density at radius 1 is 1.04 bits per heavy atom. The summed E-state index contributed by atoms with van der Waals surface area (Å²) in [5.41, 5.74) is 4.21. The lowest BCUT2D eigenvalue weighted by atomic mass is 9.76. The highest BCUT2D eigenvalue weighted by atomic mass is 19.1. The zero-order valence-electron chi connectivity index (χ0n) is 13.6. The minimum Gasteiger partial charge on any atom is -0.353 e. The maximum Gasteiger partial charge on any atom is 0.241 e. The number of hydrogen-bond donors (Lipinski definition) is 2. The molecule has 0 spiro atoms. The molecule has 0 unspecified atom stereocenters. The molecule has 2 rings (SSSR count). The molecule has 1 amide bonds. The molecule has 0 aromatic heterocycles. The topological polar surface area (TPSA) is 78.9 Å². The standard InChI is InChI=1S/C19H19F2N3O/c20-16-7-3-1-5-14(16)11-19(13-23,18(25)24-10-9-22)12-15-6-2-4-8-17(15)21/h1-8H,9-12,22H2,(H,24,25). The molecule has 0 bridgehead atoms. The fourth-order valence-electron chi connectivity index (χ4n) is 2.64. The number of carbonyl (C=O) groups is 1. The third kappa shape index (κ3) is 4.40. The lowest BCUT2D eigenvalue weighted by Gasteiger charge is -2.26. The van der Waals surface area contributed by atoms with Gasteiger partial charge in [0.1, 0.15) is 17.0 Å². The number of nitrogens with zero attached hydrogens (tertiary/aromatic N) is 1. The highest BCUT2D eigenvalue weighted by molar-refractivity contribution is 5.86. The van der Waals surface area contributed by atoms with E-state index in [0.29, 0.717) is 0 Å². The minimum atomic E-state index is -1.64. The second kappa shape index (κ2) is 8.36. The van der Waals surface area contributed by atoms with E-state index >= 15 is 0 Å². The van der Waals surface area contributed by atoms with Gasteiger partial charge in [0.25, 0.3) is 0 Å². The van der Waals surface area contributed by atoms with Crippen molar-refractivity contribution in [1.82, 2.24) is 5.32 Å². The smallest absolute Gasteiger partial charge is 0.241 e. The Bertz CT molecular complexity index is 739. The van der Waals surface area contributed by atoms with Crippen molar-refractivity contribution in [3.05, 3.63) is 71.3 Å². The van der Waals surface area contributed by atoms with Gasteiger partial charge in [-0.15, -0.1) is 0 Å². The predicted octanol–water partition coefficient (Wildman–Crippen LogP) is 2.33. The summed E-state index contributed by atoms with van der Waals surface area (Å²) in [4.78, 5) is 12.7. The van der Waals surface area contributed by atoms with Crippen molar-refractivity contribution in [2.45, 2.75) is 12.8 Å². The predicted molar refractivity (Wildman–Crippen MR) is 90.3 cm³/mol. The molecule has 0 atom stereocenters. The Morgan fingerprint density at radius 3 is 1.92 bits per heavy atom. The van der Waals surface area contributed by atoms with E-state index in [1.54, 1.807) is 12.1 Å².